The highest BCUT2D eigenvalue weighted by atomic mass is 32.2. The molecule has 2 aliphatic heterocycles. The molecule has 0 unspecified atom stereocenters. The molecule has 116 valence electrons. The molecule has 3 rings (SSSR count). The lowest BCUT2D eigenvalue weighted by Crippen LogP contribution is -2.51. The molecule has 0 saturated carbocycles. The highest BCUT2D eigenvalue weighted by molar-refractivity contribution is 7.89. The highest BCUT2D eigenvalue weighted by Gasteiger charge is 2.41. The van der Waals surface area contributed by atoms with Gasteiger partial charge in [-0.1, -0.05) is 17.7 Å². The zero-order chi connectivity index (χ0) is 14.9. The highest BCUT2D eigenvalue weighted by Crippen LogP contribution is 2.32. The third-order valence-corrected chi connectivity index (χ3v) is 6.07. The Hall–Kier alpha value is -0.950. The first-order chi connectivity index (χ1) is 10.0. The van der Waals surface area contributed by atoms with Gasteiger partial charge in [-0.05, 0) is 25.5 Å². The van der Waals surface area contributed by atoms with E-state index in [1.807, 2.05) is 19.1 Å². The summed E-state index contributed by atoms with van der Waals surface area (Å²) in [5, 5.41) is 0. The number of benzene rings is 1. The van der Waals surface area contributed by atoms with Crippen LogP contribution in [0, 0.1) is 6.92 Å². The van der Waals surface area contributed by atoms with Crippen molar-refractivity contribution in [3.05, 3.63) is 29.8 Å². The van der Waals surface area contributed by atoms with Crippen LogP contribution >= 0.6 is 0 Å². The summed E-state index contributed by atoms with van der Waals surface area (Å²) in [5.74, 6) is -0.558. The molecule has 2 heterocycles. The van der Waals surface area contributed by atoms with Crippen molar-refractivity contribution in [3.63, 3.8) is 0 Å². The predicted molar refractivity (Wildman–Crippen MR) is 78.4 cm³/mol. The minimum absolute atomic E-state index is 0.356. The molecule has 0 radical (unpaired) electrons. The Kier molecular flexibility index (Phi) is 4.05. The maximum atomic E-state index is 12.6. The predicted octanol–water partition coefficient (Wildman–Crippen LogP) is 1.91. The number of aryl methyl sites for hydroxylation is 1. The van der Waals surface area contributed by atoms with E-state index in [0.717, 1.165) is 12.0 Å². The van der Waals surface area contributed by atoms with Crippen molar-refractivity contribution in [2.75, 3.05) is 26.3 Å². The molecule has 0 N–H and O–H groups in total. The van der Waals surface area contributed by atoms with Crippen LogP contribution in [0.4, 0.5) is 0 Å². The van der Waals surface area contributed by atoms with Crippen LogP contribution in [0.1, 0.15) is 24.8 Å². The van der Waals surface area contributed by atoms with Gasteiger partial charge in [-0.25, -0.2) is 8.42 Å². The first-order valence-electron chi connectivity index (χ1n) is 7.37. The largest absolute Gasteiger partial charge is 0.350 e. The van der Waals surface area contributed by atoms with Crippen molar-refractivity contribution in [1.29, 1.82) is 0 Å². The van der Waals surface area contributed by atoms with Crippen LogP contribution in [0.2, 0.25) is 0 Å². The van der Waals surface area contributed by atoms with Crippen LogP contribution in [0.25, 0.3) is 0 Å². The standard InChI is InChI=1S/C15H21NO4S/c1-13-3-5-14(6-4-13)21(17,18)16-9-7-15(8-10-16)19-11-2-12-20-15/h3-6H,2,7-12H2,1H3. The Morgan fingerprint density at radius 3 is 2.19 bits per heavy atom. The lowest BCUT2D eigenvalue weighted by Gasteiger charge is -2.42. The molecule has 0 aliphatic carbocycles. The molecule has 6 heteroatoms. The molecule has 0 atom stereocenters. The van der Waals surface area contributed by atoms with Crippen molar-refractivity contribution in [3.8, 4) is 0 Å². The van der Waals surface area contributed by atoms with E-state index >= 15 is 0 Å². The van der Waals surface area contributed by atoms with Crippen LogP contribution in [0.3, 0.4) is 0 Å². The number of rotatable bonds is 2. The van der Waals surface area contributed by atoms with Gasteiger partial charge in [0.05, 0.1) is 18.1 Å². The van der Waals surface area contributed by atoms with Gasteiger partial charge < -0.3 is 9.47 Å². The van der Waals surface area contributed by atoms with Crippen LogP contribution in [-0.4, -0.2) is 44.8 Å². The average Bonchev–Trinajstić information content (AvgIpc) is 2.49. The molecule has 1 spiro atoms. The van der Waals surface area contributed by atoms with E-state index in [1.54, 1.807) is 12.1 Å². The van der Waals surface area contributed by atoms with E-state index in [9.17, 15) is 8.42 Å². The minimum atomic E-state index is -3.41. The van der Waals surface area contributed by atoms with Crippen molar-refractivity contribution in [2.24, 2.45) is 0 Å². The Balaban J connectivity index is 1.72. The summed E-state index contributed by atoms with van der Waals surface area (Å²) in [6.07, 6.45) is 2.10. The van der Waals surface area contributed by atoms with Crippen LogP contribution < -0.4 is 0 Å². The summed E-state index contributed by atoms with van der Waals surface area (Å²) >= 11 is 0. The summed E-state index contributed by atoms with van der Waals surface area (Å²) in [6, 6.07) is 6.99. The van der Waals surface area contributed by atoms with Gasteiger partial charge in [0.15, 0.2) is 5.79 Å². The number of hydrogen-bond acceptors (Lipinski definition) is 4. The van der Waals surface area contributed by atoms with Gasteiger partial charge in [0.2, 0.25) is 10.0 Å². The van der Waals surface area contributed by atoms with Gasteiger partial charge >= 0.3 is 0 Å². The van der Waals surface area contributed by atoms with Gasteiger partial charge in [0, 0.05) is 25.9 Å². The topological polar surface area (TPSA) is 55.8 Å². The third-order valence-electron chi connectivity index (χ3n) is 4.16. The lowest BCUT2D eigenvalue weighted by molar-refractivity contribution is -0.280. The van der Waals surface area contributed by atoms with Gasteiger partial charge in [0.1, 0.15) is 0 Å². The van der Waals surface area contributed by atoms with Gasteiger partial charge in [0.25, 0.3) is 0 Å². The Morgan fingerprint density at radius 1 is 1.05 bits per heavy atom. The molecular weight excluding hydrogens is 290 g/mol. The number of piperidine rings is 1. The molecule has 0 aromatic heterocycles. The van der Waals surface area contributed by atoms with Crippen LogP contribution in [0.15, 0.2) is 29.2 Å². The fraction of sp³-hybridized carbons (Fsp3) is 0.600. The summed E-state index contributed by atoms with van der Waals surface area (Å²) < 4.78 is 38.3. The molecule has 5 nitrogen and oxygen atoms in total. The molecular formula is C15H21NO4S. The van der Waals surface area contributed by atoms with Crippen LogP contribution in [-0.2, 0) is 19.5 Å². The van der Waals surface area contributed by atoms with Crippen molar-refractivity contribution >= 4 is 10.0 Å². The van der Waals surface area contributed by atoms with Crippen molar-refractivity contribution < 1.29 is 17.9 Å². The zero-order valence-corrected chi connectivity index (χ0v) is 13.1. The lowest BCUT2D eigenvalue weighted by atomic mass is 10.0. The molecule has 2 fully saturated rings. The van der Waals surface area contributed by atoms with Gasteiger partial charge in [-0.15, -0.1) is 0 Å². The van der Waals surface area contributed by atoms with E-state index in [4.69, 9.17) is 9.47 Å². The number of ether oxygens (including phenoxy) is 2. The number of sulfonamides is 1. The SMILES string of the molecule is Cc1ccc(S(=O)(=O)N2CCC3(CC2)OCCCO3)cc1. The molecule has 2 saturated heterocycles. The van der Waals surface area contributed by atoms with E-state index in [0.29, 0.717) is 44.0 Å². The van der Waals surface area contributed by atoms with Gasteiger partial charge in [-0.3, -0.25) is 0 Å². The van der Waals surface area contributed by atoms with E-state index in [2.05, 4.69) is 0 Å². The third kappa shape index (κ3) is 2.99. The first kappa shape index (κ1) is 15.0. The van der Waals surface area contributed by atoms with E-state index in [1.165, 1.54) is 4.31 Å². The number of nitrogens with zero attached hydrogens (tertiary/aromatic N) is 1. The maximum absolute atomic E-state index is 12.6. The second-order valence-electron chi connectivity index (χ2n) is 5.68. The van der Waals surface area contributed by atoms with Crippen LogP contribution in [0.5, 0.6) is 0 Å². The minimum Gasteiger partial charge on any atom is -0.350 e. The Bertz CT molecular complexity index is 581. The molecule has 1 aromatic carbocycles. The quantitative estimate of drug-likeness (QED) is 0.837. The smallest absolute Gasteiger partial charge is 0.243 e. The van der Waals surface area contributed by atoms with E-state index in [-0.39, 0.29) is 0 Å². The summed E-state index contributed by atoms with van der Waals surface area (Å²) in [5.41, 5.74) is 1.05. The first-order valence-corrected chi connectivity index (χ1v) is 8.81. The molecule has 0 bridgehead atoms. The fourth-order valence-electron chi connectivity index (χ4n) is 2.83. The molecule has 1 aromatic rings. The van der Waals surface area contributed by atoms with Gasteiger partial charge in [-0.2, -0.15) is 4.31 Å². The Labute approximate surface area is 125 Å². The van der Waals surface area contributed by atoms with E-state index < -0.39 is 15.8 Å². The second kappa shape index (κ2) is 5.68. The zero-order valence-electron chi connectivity index (χ0n) is 12.2. The summed E-state index contributed by atoms with van der Waals surface area (Å²) in [4.78, 5) is 0.356. The molecule has 0 amide bonds. The number of hydrogen-bond donors (Lipinski definition) is 0. The normalized spacial score (nSPS) is 23.3. The van der Waals surface area contributed by atoms with Crippen molar-refractivity contribution in [1.82, 2.24) is 4.31 Å². The summed E-state index contributed by atoms with van der Waals surface area (Å²) in [6.45, 7) is 4.22. The molecule has 21 heavy (non-hydrogen) atoms. The summed E-state index contributed by atoms with van der Waals surface area (Å²) in [7, 11) is -3.41. The Morgan fingerprint density at radius 2 is 1.62 bits per heavy atom. The monoisotopic (exact) mass is 311 g/mol. The maximum Gasteiger partial charge on any atom is 0.243 e. The molecule has 2 aliphatic rings. The second-order valence-corrected chi connectivity index (χ2v) is 7.62. The average molecular weight is 311 g/mol. The van der Waals surface area contributed by atoms with Crippen molar-refractivity contribution in [2.45, 2.75) is 36.9 Å². The fourth-order valence-corrected chi connectivity index (χ4v) is 4.27.